The van der Waals surface area contributed by atoms with Gasteiger partial charge in [-0.1, -0.05) is 0 Å². The zero-order valence-corrected chi connectivity index (χ0v) is 46.7. The van der Waals surface area contributed by atoms with Gasteiger partial charge in [-0.2, -0.15) is 0 Å². The first kappa shape index (κ1) is 142. The molecule has 0 aromatic carbocycles. The molecule has 0 aromatic rings. The zero-order valence-electron chi connectivity index (χ0n) is 19.2. The van der Waals surface area contributed by atoms with Gasteiger partial charge in [-0.3, -0.25) is 0 Å². The summed E-state index contributed by atoms with van der Waals surface area (Å²) in [5, 5.41) is 108. The van der Waals surface area contributed by atoms with Crippen molar-refractivity contribution in [3.8, 4) is 0 Å². The van der Waals surface area contributed by atoms with Gasteiger partial charge in [-0.15, -0.1) is 64.1 Å². The van der Waals surface area contributed by atoms with E-state index >= 15 is 0 Å². The van der Waals surface area contributed by atoms with Gasteiger partial charge in [0.25, 0.3) is 0 Å². The molecule has 0 aliphatic rings. The number of hydrogen-bond acceptors (Lipinski definition) is 36. The predicted octanol–water partition coefficient (Wildman–Crippen LogP) is 1.10. The van der Waals surface area contributed by atoms with Gasteiger partial charge in [0.2, 0.25) is 0 Å². The topological polar surface area (TPSA) is 630 Å². The van der Waals surface area contributed by atoms with Crippen molar-refractivity contribution in [2.45, 2.75) is 0 Å². The third kappa shape index (κ3) is 1360000. The summed E-state index contributed by atoms with van der Waals surface area (Å²) >= 11 is 0. The molecule has 2 radical (unpaired) electrons. The van der Waals surface area contributed by atoms with Crippen molar-refractivity contribution in [1.29, 1.82) is 0 Å². The number of nitrogens with zero attached hydrogens (tertiary/aromatic N) is 12. The molecular weight excluding hydrogens is 1830 g/mol. The van der Waals surface area contributed by atoms with Crippen LogP contribution in [0, 0.1) is 163 Å². The van der Waals surface area contributed by atoms with Crippen LogP contribution < -0.4 is 0 Å². The molecule has 0 saturated heterocycles. The SMILES string of the molecule is O=N[O-].O=N[O-].O=N[O-].O=N[O-].O=N[O-].O=N[O-].O=N[O-].O=N[O-].O=N[O-].O=N[O-].O=N[O-].O=N[O-].[Ce].[Ni+2].[Ni].[Tl+].[Tl+].[Tl+].[Tl].[Tl]. The van der Waals surface area contributed by atoms with Crippen LogP contribution in [0.25, 0.3) is 0 Å². The van der Waals surface area contributed by atoms with Gasteiger partial charge >= 0.3 is 98.4 Å². The molecule has 0 amide bonds. The van der Waals surface area contributed by atoms with Crippen LogP contribution in [0.2, 0.25) is 0 Å². The fraction of sp³-hybridized carbons (Fsp3) is 0. The molecular formula is CeN12Ni2O24Tl5-7. The first-order valence-corrected chi connectivity index (χ1v) is 4.38. The summed E-state index contributed by atoms with van der Waals surface area (Å²) in [6, 6.07) is 0. The Balaban J connectivity index is -0.00000000780. The van der Waals surface area contributed by atoms with Crippen molar-refractivity contribution in [1.82, 2.24) is 0 Å². The van der Waals surface area contributed by atoms with E-state index in [1.807, 2.05) is 0 Å². The largest absolute Gasteiger partial charge is 2.00 e. The molecule has 0 heterocycles. The number of hydrogen-bond donors (Lipinski definition) is 0. The Kier molecular flexibility index (Phi) is 1730. The van der Waals surface area contributed by atoms with Gasteiger partial charge < -0.3 is 121 Å². The Hall–Kier alpha value is -0.226. The smallest absolute Gasteiger partial charge is 0.444 e. The summed E-state index contributed by atoms with van der Waals surface area (Å²) in [6.45, 7) is 0. The molecule has 0 saturated carbocycles. The quantitative estimate of drug-likeness (QED) is 0.186. The van der Waals surface area contributed by atoms with Crippen molar-refractivity contribution in [2.24, 2.45) is 64.1 Å². The molecule has 36 nitrogen and oxygen atoms in total. The molecule has 0 unspecified atom stereocenters. The molecule has 0 bridgehead atoms. The van der Waals surface area contributed by atoms with Crippen LogP contribution in [0.1, 0.15) is 0 Å². The van der Waals surface area contributed by atoms with E-state index in [4.69, 9.17) is 121 Å². The molecule has 0 spiro atoms. The number of rotatable bonds is 0. The summed E-state index contributed by atoms with van der Waals surface area (Å²) in [5.41, 5.74) is 0. The van der Waals surface area contributed by atoms with Crippen LogP contribution in [0.5, 0.6) is 0 Å². The summed E-state index contributed by atoms with van der Waals surface area (Å²) in [4.78, 5) is 96.0. The first-order valence-electron chi connectivity index (χ1n) is 4.38. The Morgan fingerprint density at radius 3 is 0.250 bits per heavy atom. The van der Waals surface area contributed by atoms with Crippen molar-refractivity contribution in [2.75, 3.05) is 0 Å². The van der Waals surface area contributed by atoms with Crippen molar-refractivity contribution in [3.63, 3.8) is 0 Å². The summed E-state index contributed by atoms with van der Waals surface area (Å²) < 4.78 is 0. The van der Waals surface area contributed by atoms with E-state index in [-0.39, 0.29) is 211 Å². The molecule has 44 heteroatoms. The van der Waals surface area contributed by atoms with Gasteiger partial charge in [0.1, 0.15) is 0 Å². The van der Waals surface area contributed by atoms with Gasteiger partial charge in [-0.25, -0.2) is 0 Å². The molecule has 0 rings (SSSR count). The van der Waals surface area contributed by atoms with Crippen molar-refractivity contribution < 1.29 is 74.7 Å². The van der Waals surface area contributed by atoms with Crippen LogP contribution >= 0.6 is 0 Å². The summed E-state index contributed by atoms with van der Waals surface area (Å²) in [7, 11) is 0. The molecule has 44 heavy (non-hydrogen) atoms. The van der Waals surface area contributed by atoms with Crippen LogP contribution in [-0.4, -0.2) is 136 Å². The summed E-state index contributed by atoms with van der Waals surface area (Å²) in [6.07, 6.45) is 0. The third-order valence-corrected chi connectivity index (χ3v) is 0. The predicted molar refractivity (Wildman–Crippen MR) is 139 cm³/mol. The average molecular weight is 1830 g/mol. The Morgan fingerprint density at radius 2 is 0.250 bits per heavy atom. The molecule has 0 aliphatic carbocycles. The van der Waals surface area contributed by atoms with E-state index in [1.165, 1.54) is 0 Å². The standard InChI is InChI=1S/Ce.12HNO2.2Ni.5Tl/c;12*2-1-3;;;;;;;/h;12*(H,2,3);;;;;;;/q;;;;;;;;;;;;;;+2;;;3*+1/p-12. The van der Waals surface area contributed by atoms with E-state index in [1.54, 1.807) is 0 Å². The minimum atomic E-state index is 0. The molecule has 0 fully saturated rings. The first-order chi connectivity index (χ1) is 17.0. The zero-order chi connectivity index (χ0) is 32.5. The fourth-order valence-corrected chi connectivity index (χ4v) is 0. The second kappa shape index (κ2) is 538. The fourth-order valence-electron chi connectivity index (χ4n) is 0. The Bertz CT molecular complexity index is 293. The van der Waals surface area contributed by atoms with Gasteiger partial charge in [0.05, 0.1) is 0 Å². The Labute approximate surface area is 390 Å². The van der Waals surface area contributed by atoms with E-state index in [0.29, 0.717) is 0 Å². The van der Waals surface area contributed by atoms with Gasteiger partial charge in [0, 0.05) is 113 Å². The van der Waals surface area contributed by atoms with Crippen LogP contribution in [0.4, 0.5) is 0 Å². The van der Waals surface area contributed by atoms with E-state index in [0.717, 1.165) is 64.1 Å². The second-order valence-electron chi connectivity index (χ2n) is 0.894. The van der Waals surface area contributed by atoms with Crippen LogP contribution in [0.15, 0.2) is 64.1 Å². The molecule has 0 aliphatic heterocycles. The average Bonchev–Trinajstić information content (AvgIpc) is 2.75. The maximum Gasteiger partial charge on any atom is 2.00 e. The maximum absolute atomic E-state index is 8.00. The minimum Gasteiger partial charge on any atom is -0.444 e. The summed E-state index contributed by atoms with van der Waals surface area (Å²) in [5.74, 6) is 0. The molecule has 0 atom stereocenters. The van der Waals surface area contributed by atoms with Crippen LogP contribution in [-0.2, 0) is 33.0 Å². The van der Waals surface area contributed by atoms with Crippen LogP contribution in [0.3, 0.4) is 0 Å². The van der Waals surface area contributed by atoms with Gasteiger partial charge in [-0.05, 0) is 0 Å². The minimum absolute atomic E-state index is 0. The van der Waals surface area contributed by atoms with Gasteiger partial charge in [0.15, 0.2) is 0 Å². The molecule has 0 aromatic heterocycles. The van der Waals surface area contributed by atoms with E-state index in [9.17, 15) is 0 Å². The monoisotopic (exact) mass is 1830 g/mol. The molecule has 250 valence electrons. The third-order valence-electron chi connectivity index (χ3n) is 0. The normalized spacial score (nSPS) is 3.27. The molecule has 0 N–H and O–H groups in total. The van der Waals surface area contributed by atoms with E-state index in [2.05, 4.69) is 0 Å². The van der Waals surface area contributed by atoms with E-state index < -0.39 is 0 Å². The van der Waals surface area contributed by atoms with Crippen molar-refractivity contribution >= 4 is 136 Å². The second-order valence-corrected chi connectivity index (χ2v) is 0.894. The van der Waals surface area contributed by atoms with Crippen molar-refractivity contribution in [3.05, 3.63) is 121 Å². The maximum atomic E-state index is 8.00. The Morgan fingerprint density at radius 1 is 0.250 bits per heavy atom.